The molecule has 0 saturated heterocycles. The first-order chi connectivity index (χ1) is 21.8. The second-order valence-electron chi connectivity index (χ2n) is 11.4. The highest BCUT2D eigenvalue weighted by Gasteiger charge is 2.10. The maximum atomic E-state index is 3.52. The van der Waals surface area contributed by atoms with Gasteiger partial charge in [-0.2, -0.15) is 0 Å². The summed E-state index contributed by atoms with van der Waals surface area (Å²) in [5.41, 5.74) is 14.5. The summed E-state index contributed by atoms with van der Waals surface area (Å²) in [4.78, 5) is 0. The predicted molar refractivity (Wildman–Crippen MR) is 183 cm³/mol. The number of rotatable bonds is 2. The molecule has 4 aliphatic rings. The fourth-order valence-electron chi connectivity index (χ4n) is 5.82. The number of aryl methyl sites for hydroxylation is 4. The van der Waals surface area contributed by atoms with Gasteiger partial charge < -0.3 is 0 Å². The molecule has 208 valence electrons. The molecule has 0 N–H and O–H groups in total. The summed E-state index contributed by atoms with van der Waals surface area (Å²) in [5, 5.41) is 0. The van der Waals surface area contributed by atoms with Crippen LogP contribution < -0.4 is 0 Å². The van der Waals surface area contributed by atoms with E-state index in [1.165, 1.54) is 44.5 Å². The Balaban J connectivity index is 1.10. The van der Waals surface area contributed by atoms with Gasteiger partial charge in [0, 0.05) is 22.3 Å². The molecule has 0 radical (unpaired) electrons. The summed E-state index contributed by atoms with van der Waals surface area (Å²) in [6, 6.07) is 51.8. The first-order valence-electron chi connectivity index (χ1n) is 15.4. The van der Waals surface area contributed by atoms with Crippen LogP contribution in [-0.2, 0) is 25.7 Å². The molecule has 0 aliphatic heterocycles. The van der Waals surface area contributed by atoms with E-state index in [2.05, 4.69) is 157 Å². The largest absolute Gasteiger partial charge is 0.0622 e. The number of hydrogen-bond donors (Lipinski definition) is 0. The van der Waals surface area contributed by atoms with Crippen molar-refractivity contribution in [3.63, 3.8) is 0 Å². The Morgan fingerprint density at radius 1 is 0.318 bits per heavy atom. The predicted octanol–water partition coefficient (Wildman–Crippen LogP) is 9.70. The Labute approximate surface area is 261 Å². The van der Waals surface area contributed by atoms with Gasteiger partial charge in [0.2, 0.25) is 0 Å². The van der Waals surface area contributed by atoms with E-state index in [-0.39, 0.29) is 0 Å². The molecule has 44 heavy (non-hydrogen) atoms. The zero-order chi connectivity index (χ0) is 29.6. The SMILES string of the molecule is C(#Cc1cc2ccc1CCc1ccc(c(C#Cc3ccc(-c4ccccc4)cc3)c1)CC2)c1ccc(-c2ccccc2)cc1. The van der Waals surface area contributed by atoms with Crippen LogP contribution in [0.5, 0.6) is 0 Å². The molecule has 0 atom stereocenters. The molecule has 4 bridgehead atoms. The molecular weight excluding hydrogens is 528 g/mol. The van der Waals surface area contributed by atoms with Gasteiger partial charge in [-0.3, -0.25) is 0 Å². The van der Waals surface area contributed by atoms with E-state index in [1.807, 2.05) is 12.1 Å². The Morgan fingerprint density at radius 3 is 1.11 bits per heavy atom. The molecule has 4 aliphatic carbocycles. The topological polar surface area (TPSA) is 0 Å². The molecule has 0 heterocycles. The lowest BCUT2D eigenvalue weighted by molar-refractivity contribution is 0.916. The maximum Gasteiger partial charge on any atom is 0.0283 e. The summed E-state index contributed by atoms with van der Waals surface area (Å²) in [7, 11) is 0. The second kappa shape index (κ2) is 12.8. The molecule has 0 heteroatoms. The normalized spacial score (nSPS) is 11.8. The van der Waals surface area contributed by atoms with Crippen LogP contribution >= 0.6 is 0 Å². The van der Waals surface area contributed by atoms with Gasteiger partial charge in [0.1, 0.15) is 0 Å². The summed E-state index contributed by atoms with van der Waals surface area (Å²) in [5.74, 6) is 13.9. The highest BCUT2D eigenvalue weighted by molar-refractivity contribution is 5.65. The number of hydrogen-bond acceptors (Lipinski definition) is 0. The van der Waals surface area contributed by atoms with Crippen molar-refractivity contribution in [1.29, 1.82) is 0 Å². The molecule has 0 aromatic heterocycles. The first-order valence-corrected chi connectivity index (χ1v) is 15.4. The molecule has 6 aromatic rings. The quantitative estimate of drug-likeness (QED) is 0.185. The van der Waals surface area contributed by atoms with Gasteiger partial charge in [-0.05, 0) is 107 Å². The van der Waals surface area contributed by atoms with Gasteiger partial charge in [0.15, 0.2) is 0 Å². The average molecular weight is 561 g/mol. The summed E-state index contributed by atoms with van der Waals surface area (Å²) in [6.45, 7) is 0. The third-order valence-electron chi connectivity index (χ3n) is 8.38. The van der Waals surface area contributed by atoms with Crippen LogP contribution in [0.3, 0.4) is 0 Å². The second-order valence-corrected chi connectivity index (χ2v) is 11.4. The highest BCUT2D eigenvalue weighted by atomic mass is 14.1. The third-order valence-corrected chi connectivity index (χ3v) is 8.38. The van der Waals surface area contributed by atoms with Crippen LogP contribution in [-0.4, -0.2) is 0 Å². The zero-order valence-electron chi connectivity index (χ0n) is 24.7. The molecule has 0 unspecified atom stereocenters. The smallest absolute Gasteiger partial charge is 0.0283 e. The van der Waals surface area contributed by atoms with E-state index >= 15 is 0 Å². The van der Waals surface area contributed by atoms with Crippen molar-refractivity contribution in [2.75, 3.05) is 0 Å². The molecule has 6 aromatic carbocycles. The van der Waals surface area contributed by atoms with Crippen molar-refractivity contribution in [2.45, 2.75) is 25.7 Å². The minimum atomic E-state index is 0.949. The minimum absolute atomic E-state index is 0.949. The molecular formula is C44H32. The van der Waals surface area contributed by atoms with Crippen molar-refractivity contribution < 1.29 is 0 Å². The standard InChI is InChI=1S/C44H32/c1-3-7-37(8-4-1)39-21-11-33(12-22-39)15-29-43-31-35-17-25-41(43)27-19-36-18-26-42(28-20-35)44(32-36)30-16-34-13-23-40(24-14-34)38-9-5-2-6-10-38/h1-14,17-18,21-26,31-32H,19-20,27-28H2. The fraction of sp³-hybridized carbons (Fsp3) is 0.0909. The van der Waals surface area contributed by atoms with E-state index in [4.69, 9.17) is 0 Å². The minimum Gasteiger partial charge on any atom is -0.0622 e. The van der Waals surface area contributed by atoms with Crippen LogP contribution in [0.1, 0.15) is 44.5 Å². The molecule has 0 fully saturated rings. The summed E-state index contributed by atoms with van der Waals surface area (Å²) in [6.07, 6.45) is 3.82. The third kappa shape index (κ3) is 6.42. The van der Waals surface area contributed by atoms with Crippen molar-refractivity contribution in [3.8, 4) is 45.9 Å². The van der Waals surface area contributed by atoms with Gasteiger partial charge >= 0.3 is 0 Å². The van der Waals surface area contributed by atoms with Gasteiger partial charge in [0.05, 0.1) is 0 Å². The molecule has 0 amide bonds. The van der Waals surface area contributed by atoms with Crippen LogP contribution in [0.2, 0.25) is 0 Å². The lowest BCUT2D eigenvalue weighted by Crippen LogP contribution is -2.02. The Bertz CT molecular complexity index is 1870. The van der Waals surface area contributed by atoms with Gasteiger partial charge in [-0.25, -0.2) is 0 Å². The van der Waals surface area contributed by atoms with Crippen LogP contribution in [0.15, 0.2) is 146 Å². The van der Waals surface area contributed by atoms with Crippen LogP contribution in [0.4, 0.5) is 0 Å². The fourth-order valence-corrected chi connectivity index (χ4v) is 5.82. The van der Waals surface area contributed by atoms with Crippen LogP contribution in [0.25, 0.3) is 22.3 Å². The maximum absolute atomic E-state index is 3.52. The zero-order valence-corrected chi connectivity index (χ0v) is 24.7. The Hall–Kier alpha value is -5.56. The summed E-state index contributed by atoms with van der Waals surface area (Å²) < 4.78 is 0. The molecule has 10 rings (SSSR count). The average Bonchev–Trinajstić information content (AvgIpc) is 3.09. The van der Waals surface area contributed by atoms with Crippen molar-refractivity contribution in [1.82, 2.24) is 0 Å². The summed E-state index contributed by atoms with van der Waals surface area (Å²) >= 11 is 0. The Morgan fingerprint density at radius 2 is 0.705 bits per heavy atom. The van der Waals surface area contributed by atoms with Gasteiger partial charge in [0.25, 0.3) is 0 Å². The van der Waals surface area contributed by atoms with Crippen molar-refractivity contribution in [3.05, 3.63) is 190 Å². The van der Waals surface area contributed by atoms with Gasteiger partial charge in [-0.1, -0.05) is 133 Å². The molecule has 0 nitrogen and oxygen atoms in total. The Kier molecular flexibility index (Phi) is 7.91. The van der Waals surface area contributed by atoms with Crippen molar-refractivity contribution in [2.24, 2.45) is 0 Å². The van der Waals surface area contributed by atoms with E-state index in [0.717, 1.165) is 47.9 Å². The monoisotopic (exact) mass is 560 g/mol. The highest BCUT2D eigenvalue weighted by Crippen LogP contribution is 2.23. The van der Waals surface area contributed by atoms with E-state index in [0.29, 0.717) is 0 Å². The first kappa shape index (κ1) is 27.3. The molecule has 0 saturated carbocycles. The number of benzene rings is 6. The van der Waals surface area contributed by atoms with E-state index in [9.17, 15) is 0 Å². The van der Waals surface area contributed by atoms with Crippen molar-refractivity contribution >= 4 is 0 Å². The lowest BCUT2D eigenvalue weighted by atomic mass is 9.91. The van der Waals surface area contributed by atoms with E-state index in [1.54, 1.807) is 0 Å². The van der Waals surface area contributed by atoms with E-state index < -0.39 is 0 Å². The molecule has 0 spiro atoms. The lowest BCUT2D eigenvalue weighted by Gasteiger charge is -2.13. The van der Waals surface area contributed by atoms with Crippen LogP contribution in [0, 0.1) is 23.7 Å². The van der Waals surface area contributed by atoms with Gasteiger partial charge in [-0.15, -0.1) is 0 Å².